The zero-order valence-corrected chi connectivity index (χ0v) is 14.7. The van der Waals surface area contributed by atoms with Gasteiger partial charge in [-0.2, -0.15) is 0 Å². The Kier molecular flexibility index (Phi) is 4.77. The van der Waals surface area contributed by atoms with E-state index in [9.17, 15) is 9.59 Å². The van der Waals surface area contributed by atoms with Crippen molar-refractivity contribution in [3.05, 3.63) is 59.7 Å². The third kappa shape index (κ3) is 3.88. The number of thioether (sulfide) groups is 1. The quantitative estimate of drug-likeness (QED) is 0.896. The molecular weight excluding hydrogens is 334 g/mol. The first-order chi connectivity index (χ1) is 12.2. The van der Waals surface area contributed by atoms with E-state index in [0.29, 0.717) is 12.3 Å². The topological polar surface area (TPSA) is 55.4 Å². The summed E-state index contributed by atoms with van der Waals surface area (Å²) in [5.74, 6) is 0.200. The fourth-order valence-corrected chi connectivity index (χ4v) is 4.61. The Morgan fingerprint density at radius 3 is 2.72 bits per heavy atom. The molecule has 2 heterocycles. The Morgan fingerprint density at radius 1 is 1.12 bits per heavy atom. The molecule has 1 aromatic carbocycles. The average molecular weight is 355 g/mol. The first kappa shape index (κ1) is 16.6. The van der Waals surface area contributed by atoms with Gasteiger partial charge in [0.1, 0.15) is 0 Å². The molecule has 2 amide bonds. The van der Waals surface area contributed by atoms with Gasteiger partial charge in [-0.25, -0.2) is 0 Å². The largest absolute Gasteiger partial charge is 0.370 e. The lowest BCUT2D eigenvalue weighted by Gasteiger charge is -2.36. The Morgan fingerprint density at radius 2 is 1.96 bits per heavy atom. The number of amides is 2. The molecule has 4 nitrogen and oxygen atoms in total. The van der Waals surface area contributed by atoms with Crippen molar-refractivity contribution in [2.45, 2.75) is 43.1 Å². The lowest BCUT2D eigenvalue weighted by atomic mass is 9.84. The number of hydrogen-bond donors (Lipinski definition) is 1. The van der Waals surface area contributed by atoms with Crippen LogP contribution in [0.15, 0.2) is 54.1 Å². The lowest BCUT2D eigenvalue weighted by molar-refractivity contribution is -0.118. The van der Waals surface area contributed by atoms with Gasteiger partial charge >= 0.3 is 0 Å². The summed E-state index contributed by atoms with van der Waals surface area (Å²) in [5, 5.41) is 1.82. The molecule has 1 aliphatic carbocycles. The first-order valence-electron chi connectivity index (χ1n) is 8.77. The van der Waals surface area contributed by atoms with E-state index in [4.69, 9.17) is 4.74 Å². The van der Waals surface area contributed by atoms with Crippen LogP contribution in [0.3, 0.4) is 0 Å². The number of imide groups is 1. The van der Waals surface area contributed by atoms with E-state index in [1.165, 1.54) is 5.56 Å². The SMILES string of the molecule is O=C1NC(=O)C(CC2=CC3CCC(Cc4ccccc4)OC3C=C2)S1. The van der Waals surface area contributed by atoms with Crippen LogP contribution in [0.5, 0.6) is 0 Å². The van der Waals surface area contributed by atoms with E-state index >= 15 is 0 Å². The van der Waals surface area contributed by atoms with Crippen LogP contribution in [0.4, 0.5) is 4.79 Å². The predicted molar refractivity (Wildman–Crippen MR) is 98.3 cm³/mol. The van der Waals surface area contributed by atoms with Crippen LogP contribution in [0.25, 0.3) is 0 Å². The van der Waals surface area contributed by atoms with Crippen LogP contribution in [0.1, 0.15) is 24.8 Å². The number of carbonyl (C=O) groups is 2. The summed E-state index contributed by atoms with van der Waals surface area (Å²) >= 11 is 1.09. The predicted octanol–water partition coefficient (Wildman–Crippen LogP) is 3.63. The Bertz CT molecular complexity index is 728. The molecule has 1 aromatic rings. The first-order valence-corrected chi connectivity index (χ1v) is 9.65. The minimum Gasteiger partial charge on any atom is -0.370 e. The van der Waals surface area contributed by atoms with Crippen molar-refractivity contribution in [1.29, 1.82) is 0 Å². The summed E-state index contributed by atoms with van der Waals surface area (Å²) in [7, 11) is 0. The Balaban J connectivity index is 1.35. The number of benzene rings is 1. The standard InChI is InChI=1S/C20H21NO3S/c22-19-18(25-20(23)21-19)12-14-6-9-17-15(10-14)7-8-16(24-17)11-13-4-2-1-3-5-13/h1-6,9-10,15-18H,7-8,11-12H2,(H,21,22,23). The summed E-state index contributed by atoms with van der Waals surface area (Å²) in [4.78, 5) is 23.0. The molecule has 0 saturated carbocycles. The molecule has 130 valence electrons. The van der Waals surface area contributed by atoms with Gasteiger partial charge in [-0.1, -0.05) is 65.9 Å². The van der Waals surface area contributed by atoms with Crippen molar-refractivity contribution in [2.75, 3.05) is 0 Å². The third-order valence-electron chi connectivity index (χ3n) is 5.02. The van der Waals surface area contributed by atoms with E-state index < -0.39 is 0 Å². The Hall–Kier alpha value is -1.85. The molecule has 25 heavy (non-hydrogen) atoms. The maximum atomic E-state index is 11.7. The molecule has 0 radical (unpaired) electrons. The van der Waals surface area contributed by atoms with Gasteiger partial charge < -0.3 is 4.74 Å². The van der Waals surface area contributed by atoms with Crippen molar-refractivity contribution >= 4 is 22.9 Å². The monoisotopic (exact) mass is 355 g/mol. The molecule has 2 aliphatic heterocycles. The van der Waals surface area contributed by atoms with Gasteiger partial charge in [0.25, 0.3) is 5.24 Å². The second kappa shape index (κ2) is 7.18. The highest BCUT2D eigenvalue weighted by Crippen LogP contribution is 2.35. The molecule has 2 saturated heterocycles. The van der Waals surface area contributed by atoms with Crippen molar-refractivity contribution < 1.29 is 14.3 Å². The van der Waals surface area contributed by atoms with E-state index in [0.717, 1.165) is 36.6 Å². The molecule has 0 bridgehead atoms. The van der Waals surface area contributed by atoms with Gasteiger partial charge in [-0.05, 0) is 31.2 Å². The van der Waals surface area contributed by atoms with Crippen molar-refractivity contribution in [1.82, 2.24) is 5.32 Å². The minimum atomic E-state index is -0.296. The summed E-state index contributed by atoms with van der Waals surface area (Å²) in [6.07, 6.45) is 10.5. The second-order valence-corrected chi connectivity index (χ2v) is 8.02. The minimum absolute atomic E-state index is 0.123. The van der Waals surface area contributed by atoms with Crippen LogP contribution in [-0.2, 0) is 16.0 Å². The number of allylic oxidation sites excluding steroid dienone is 2. The number of fused-ring (bicyclic) bond motifs is 1. The second-order valence-electron chi connectivity index (χ2n) is 6.84. The number of carbonyl (C=O) groups excluding carboxylic acids is 2. The molecule has 0 spiro atoms. The molecule has 3 aliphatic rings. The van der Waals surface area contributed by atoms with E-state index in [2.05, 4.69) is 47.8 Å². The van der Waals surface area contributed by atoms with Crippen molar-refractivity contribution in [2.24, 2.45) is 5.92 Å². The van der Waals surface area contributed by atoms with Gasteiger partial charge in [-0.15, -0.1) is 0 Å². The van der Waals surface area contributed by atoms with Crippen LogP contribution in [-0.4, -0.2) is 28.6 Å². The van der Waals surface area contributed by atoms with E-state index in [1.807, 2.05) is 6.07 Å². The highest BCUT2D eigenvalue weighted by Gasteiger charge is 2.34. The smallest absolute Gasteiger partial charge is 0.286 e. The van der Waals surface area contributed by atoms with Crippen LogP contribution >= 0.6 is 11.8 Å². The maximum Gasteiger partial charge on any atom is 0.286 e. The fourth-order valence-electron chi connectivity index (χ4n) is 3.75. The molecule has 4 atom stereocenters. The summed E-state index contributed by atoms with van der Waals surface area (Å²) in [6, 6.07) is 10.5. The van der Waals surface area contributed by atoms with Crippen molar-refractivity contribution in [3.8, 4) is 0 Å². The van der Waals surface area contributed by atoms with Gasteiger partial charge in [-0.3, -0.25) is 14.9 Å². The number of rotatable bonds is 4. The molecule has 0 aromatic heterocycles. The molecule has 4 unspecified atom stereocenters. The zero-order valence-electron chi connectivity index (χ0n) is 13.9. The fraction of sp³-hybridized carbons (Fsp3) is 0.400. The van der Waals surface area contributed by atoms with Crippen LogP contribution in [0.2, 0.25) is 0 Å². The molecule has 1 N–H and O–H groups in total. The van der Waals surface area contributed by atoms with Crippen LogP contribution in [0, 0.1) is 5.92 Å². The maximum absolute atomic E-state index is 11.7. The van der Waals surface area contributed by atoms with E-state index in [1.54, 1.807) is 0 Å². The average Bonchev–Trinajstić information content (AvgIpc) is 2.93. The van der Waals surface area contributed by atoms with Gasteiger partial charge in [0.05, 0.1) is 17.5 Å². The van der Waals surface area contributed by atoms with Crippen LogP contribution < -0.4 is 5.32 Å². The molecule has 4 rings (SSSR count). The number of hydrogen-bond acceptors (Lipinski definition) is 4. The highest BCUT2D eigenvalue weighted by atomic mass is 32.2. The van der Waals surface area contributed by atoms with Gasteiger partial charge in [0.2, 0.25) is 5.91 Å². The third-order valence-corrected chi connectivity index (χ3v) is 6.00. The molecular formula is C20H21NO3S. The number of ether oxygens (including phenoxy) is 1. The summed E-state index contributed by atoms with van der Waals surface area (Å²) in [5.41, 5.74) is 2.45. The molecule has 5 heteroatoms. The lowest BCUT2D eigenvalue weighted by Crippen LogP contribution is -2.35. The normalized spacial score (nSPS) is 31.4. The number of nitrogens with one attached hydrogen (secondary N) is 1. The molecule has 2 fully saturated rings. The zero-order chi connectivity index (χ0) is 17.2. The van der Waals surface area contributed by atoms with Gasteiger partial charge in [0, 0.05) is 5.92 Å². The van der Waals surface area contributed by atoms with Crippen molar-refractivity contribution in [3.63, 3.8) is 0 Å². The highest BCUT2D eigenvalue weighted by molar-refractivity contribution is 8.15. The summed E-state index contributed by atoms with van der Waals surface area (Å²) in [6.45, 7) is 0. The Labute approximate surface area is 151 Å². The summed E-state index contributed by atoms with van der Waals surface area (Å²) < 4.78 is 6.28. The van der Waals surface area contributed by atoms with E-state index in [-0.39, 0.29) is 28.6 Å². The van der Waals surface area contributed by atoms with Gasteiger partial charge in [0.15, 0.2) is 0 Å².